The fourth-order valence-corrected chi connectivity index (χ4v) is 1.02. The van der Waals surface area contributed by atoms with Crippen LogP contribution in [0.5, 0.6) is 0 Å². The minimum atomic E-state index is -0.916. The minimum Gasteiger partial charge on any atom is -0.390 e. The third kappa shape index (κ3) is 4.10. The summed E-state index contributed by atoms with van der Waals surface area (Å²) in [5.41, 5.74) is 0. The van der Waals surface area contributed by atoms with Gasteiger partial charge < -0.3 is 10.2 Å². The molecule has 0 aliphatic heterocycles. The molecule has 0 saturated heterocycles. The molecule has 10 heavy (non-hydrogen) atoms. The summed E-state index contributed by atoms with van der Waals surface area (Å²) >= 11 is 4.43. The van der Waals surface area contributed by atoms with Gasteiger partial charge in [-0.3, -0.25) is 0 Å². The molecule has 0 radical (unpaired) electrons. The first-order chi connectivity index (χ1) is 4.72. The highest BCUT2D eigenvalue weighted by molar-refractivity contribution is 7.97. The third-order valence-corrected chi connectivity index (χ3v) is 1.90. The number of thiol groups is 1. The Bertz CT molecular complexity index is 103. The average Bonchev–Trinajstić information content (AvgIpc) is 1.98. The highest BCUT2D eigenvalue weighted by Crippen LogP contribution is 2.06. The number of hydrogen-bond donors (Lipinski definition) is 3. The van der Waals surface area contributed by atoms with Gasteiger partial charge >= 0.3 is 0 Å². The monoisotopic (exact) mass is 183 g/mol. The van der Waals surface area contributed by atoms with Gasteiger partial charge in [0, 0.05) is 28.0 Å². The van der Waals surface area contributed by atoms with E-state index in [-0.39, 0.29) is 11.5 Å². The fourth-order valence-electron chi connectivity index (χ4n) is 0.340. The molecule has 0 aromatic carbocycles. The first-order valence-electron chi connectivity index (χ1n) is 2.64. The zero-order valence-electron chi connectivity index (χ0n) is 5.17. The molecule has 0 spiro atoms. The molecular weight excluding hydrogens is 174 g/mol. The van der Waals surface area contributed by atoms with Crippen molar-refractivity contribution in [2.24, 2.45) is 4.58 Å². The van der Waals surface area contributed by atoms with Crippen LogP contribution in [-0.2, 0) is 0 Å². The van der Waals surface area contributed by atoms with Gasteiger partial charge in [-0.05, 0) is 0 Å². The quantitative estimate of drug-likeness (QED) is 0.320. The Morgan fingerprint density at radius 3 is 2.50 bits per heavy atom. The molecule has 2 N–H and O–H groups in total. The number of hydrogen-bond acceptors (Lipinski definition) is 6. The Morgan fingerprint density at radius 2 is 2.10 bits per heavy atom. The molecular formula is C4H9NO3S2. The highest BCUT2D eigenvalue weighted by Gasteiger charge is 2.14. The predicted octanol–water partition coefficient (Wildman–Crippen LogP) is 0.0526. The lowest BCUT2D eigenvalue weighted by Gasteiger charge is -2.12. The SMILES string of the molecule is O=NSC[C@@H](O)[C@H](O)CS. The van der Waals surface area contributed by atoms with Gasteiger partial charge in [-0.15, -0.1) is 4.91 Å². The minimum absolute atomic E-state index is 0.116. The topological polar surface area (TPSA) is 69.9 Å². The summed E-state index contributed by atoms with van der Waals surface area (Å²) in [4.78, 5) is 9.52. The van der Waals surface area contributed by atoms with Gasteiger partial charge in [-0.1, -0.05) is 0 Å². The standard InChI is InChI=1S/C4H9NO3S2/c6-3(1-9)4(7)2-10-5-8/h3-4,6-7,9H,1-2H2/t3-,4-/m1/s1. The maximum absolute atomic E-state index is 9.52. The van der Waals surface area contributed by atoms with Crippen LogP contribution in [-0.4, -0.2) is 33.9 Å². The van der Waals surface area contributed by atoms with Crippen LogP contribution in [0.25, 0.3) is 0 Å². The van der Waals surface area contributed by atoms with Crippen molar-refractivity contribution in [2.75, 3.05) is 11.5 Å². The first-order valence-corrected chi connectivity index (χ1v) is 4.21. The molecule has 0 aliphatic rings. The zero-order chi connectivity index (χ0) is 7.98. The Balaban J connectivity index is 3.40. The van der Waals surface area contributed by atoms with Crippen molar-refractivity contribution < 1.29 is 10.2 Å². The van der Waals surface area contributed by atoms with Gasteiger partial charge in [0.25, 0.3) is 0 Å². The van der Waals surface area contributed by atoms with Crippen LogP contribution in [0.2, 0.25) is 0 Å². The van der Waals surface area contributed by atoms with Crippen LogP contribution >= 0.6 is 24.6 Å². The first kappa shape index (κ1) is 10.2. The number of rotatable bonds is 5. The second-order valence-electron chi connectivity index (χ2n) is 1.69. The predicted molar refractivity (Wildman–Crippen MR) is 44.1 cm³/mol. The van der Waals surface area contributed by atoms with E-state index >= 15 is 0 Å². The molecule has 0 bridgehead atoms. The van der Waals surface area contributed by atoms with Crippen LogP contribution in [0.15, 0.2) is 4.58 Å². The second kappa shape index (κ2) is 5.96. The van der Waals surface area contributed by atoms with Crippen molar-refractivity contribution >= 4 is 24.6 Å². The van der Waals surface area contributed by atoms with E-state index in [9.17, 15) is 4.91 Å². The van der Waals surface area contributed by atoms with E-state index in [1.54, 1.807) is 0 Å². The summed E-state index contributed by atoms with van der Waals surface area (Å²) in [5.74, 6) is 0.297. The third-order valence-electron chi connectivity index (χ3n) is 0.929. The number of aliphatic hydroxyl groups excluding tert-OH is 2. The molecule has 0 aromatic rings. The molecule has 0 heterocycles. The van der Waals surface area contributed by atoms with Crippen LogP contribution in [0, 0.1) is 4.91 Å². The lowest BCUT2D eigenvalue weighted by atomic mass is 10.3. The summed E-state index contributed by atoms with van der Waals surface area (Å²) in [5, 5.41) is 17.8. The number of nitrogens with zero attached hydrogens (tertiary/aromatic N) is 1. The summed E-state index contributed by atoms with van der Waals surface area (Å²) in [6.07, 6.45) is -1.79. The van der Waals surface area contributed by atoms with E-state index in [0.29, 0.717) is 11.9 Å². The van der Waals surface area contributed by atoms with Crippen molar-refractivity contribution in [3.63, 3.8) is 0 Å². The molecule has 60 valence electrons. The van der Waals surface area contributed by atoms with Crippen molar-refractivity contribution in [3.05, 3.63) is 4.91 Å². The lowest BCUT2D eigenvalue weighted by molar-refractivity contribution is 0.0502. The molecule has 0 aromatic heterocycles. The van der Waals surface area contributed by atoms with E-state index < -0.39 is 12.2 Å². The zero-order valence-corrected chi connectivity index (χ0v) is 6.89. The van der Waals surface area contributed by atoms with E-state index in [1.165, 1.54) is 0 Å². The Morgan fingerprint density at radius 1 is 1.50 bits per heavy atom. The maximum Gasteiger partial charge on any atom is 0.0916 e. The molecule has 0 aliphatic carbocycles. The molecule has 0 amide bonds. The Labute approximate surface area is 68.5 Å². The van der Waals surface area contributed by atoms with Gasteiger partial charge in [0.2, 0.25) is 0 Å². The van der Waals surface area contributed by atoms with Gasteiger partial charge in [-0.25, -0.2) is 0 Å². The van der Waals surface area contributed by atoms with Crippen LogP contribution in [0.1, 0.15) is 0 Å². The van der Waals surface area contributed by atoms with Gasteiger partial charge in [0.15, 0.2) is 0 Å². The Kier molecular flexibility index (Phi) is 6.10. The molecule has 0 fully saturated rings. The molecule has 6 heteroatoms. The number of nitroso groups, excluding NO2 is 1. The average molecular weight is 183 g/mol. The maximum atomic E-state index is 9.52. The summed E-state index contributed by atoms with van der Waals surface area (Å²) < 4.78 is 2.46. The largest absolute Gasteiger partial charge is 0.390 e. The number of aliphatic hydroxyl groups is 2. The van der Waals surface area contributed by atoms with Crippen molar-refractivity contribution in [1.82, 2.24) is 0 Å². The lowest BCUT2D eigenvalue weighted by Crippen LogP contribution is -2.29. The molecule has 4 nitrogen and oxygen atoms in total. The fraction of sp³-hybridized carbons (Fsp3) is 1.00. The molecule has 2 atom stereocenters. The normalized spacial score (nSPS) is 16.3. The summed E-state index contributed by atoms with van der Waals surface area (Å²) in [6, 6.07) is 0. The molecule has 0 saturated carbocycles. The van der Waals surface area contributed by atoms with Crippen LogP contribution < -0.4 is 0 Å². The van der Waals surface area contributed by atoms with E-state index in [0.717, 1.165) is 0 Å². The van der Waals surface area contributed by atoms with Gasteiger partial charge in [0.1, 0.15) is 0 Å². The van der Waals surface area contributed by atoms with Crippen molar-refractivity contribution in [1.29, 1.82) is 0 Å². The van der Waals surface area contributed by atoms with Gasteiger partial charge in [-0.2, -0.15) is 12.6 Å². The van der Waals surface area contributed by atoms with Crippen LogP contribution in [0.3, 0.4) is 0 Å². The summed E-state index contributed by atoms with van der Waals surface area (Å²) in [6.45, 7) is 0. The smallest absolute Gasteiger partial charge is 0.0916 e. The second-order valence-corrected chi connectivity index (χ2v) is 2.79. The van der Waals surface area contributed by atoms with Crippen LogP contribution in [0.4, 0.5) is 0 Å². The van der Waals surface area contributed by atoms with Crippen molar-refractivity contribution in [2.45, 2.75) is 12.2 Å². The molecule has 0 unspecified atom stereocenters. The van der Waals surface area contributed by atoms with Gasteiger partial charge in [0.05, 0.1) is 12.2 Å². The van der Waals surface area contributed by atoms with E-state index in [2.05, 4.69) is 17.2 Å². The summed E-state index contributed by atoms with van der Waals surface area (Å²) in [7, 11) is 0. The molecule has 0 rings (SSSR count). The van der Waals surface area contributed by atoms with E-state index in [1.807, 2.05) is 0 Å². The van der Waals surface area contributed by atoms with E-state index in [4.69, 9.17) is 10.2 Å². The van der Waals surface area contributed by atoms with Crippen molar-refractivity contribution in [3.8, 4) is 0 Å². The Hall–Kier alpha value is 0.220. The highest BCUT2D eigenvalue weighted by atomic mass is 32.2.